The Morgan fingerprint density at radius 1 is 1.56 bits per heavy atom. The Morgan fingerprint density at radius 2 is 2.31 bits per heavy atom. The second-order valence-electron chi connectivity index (χ2n) is 3.20. The summed E-state index contributed by atoms with van der Waals surface area (Å²) in [5.41, 5.74) is 0. The highest BCUT2D eigenvalue weighted by atomic mass is 79.9. The molecule has 5 nitrogen and oxygen atoms in total. The zero-order valence-electron chi connectivity index (χ0n) is 9.66. The second kappa shape index (κ2) is 6.65. The Labute approximate surface area is 104 Å². The first-order valence-electron chi connectivity index (χ1n) is 5.09. The molecule has 0 bridgehead atoms. The molecule has 1 heterocycles. The van der Waals surface area contributed by atoms with Crippen LogP contribution in [0.2, 0.25) is 0 Å². The standard InChI is InChI=1S/C10H16BrN3O2/c1-4-16-7(2)5-12-10-13-6-8(11)9(14-10)15-3/h6-7H,4-5H2,1-3H3,(H,12,13,14). The van der Waals surface area contributed by atoms with Crippen LogP contribution in [0, 0.1) is 0 Å². The van der Waals surface area contributed by atoms with Crippen molar-refractivity contribution >= 4 is 21.9 Å². The number of anilines is 1. The Hall–Kier alpha value is -0.880. The summed E-state index contributed by atoms with van der Waals surface area (Å²) >= 11 is 3.29. The third kappa shape index (κ3) is 3.94. The van der Waals surface area contributed by atoms with E-state index in [1.54, 1.807) is 13.3 Å². The van der Waals surface area contributed by atoms with Gasteiger partial charge < -0.3 is 14.8 Å². The number of halogens is 1. The molecule has 0 saturated heterocycles. The van der Waals surface area contributed by atoms with E-state index in [1.165, 1.54) is 0 Å². The molecule has 0 aromatic carbocycles. The van der Waals surface area contributed by atoms with E-state index < -0.39 is 0 Å². The summed E-state index contributed by atoms with van der Waals surface area (Å²) in [6, 6.07) is 0. The Morgan fingerprint density at radius 3 is 2.94 bits per heavy atom. The molecule has 0 radical (unpaired) electrons. The molecule has 6 heteroatoms. The highest BCUT2D eigenvalue weighted by Crippen LogP contribution is 2.21. The molecule has 0 aliphatic rings. The molecule has 90 valence electrons. The van der Waals surface area contributed by atoms with Gasteiger partial charge in [-0.15, -0.1) is 0 Å². The normalized spacial score (nSPS) is 12.2. The molecule has 1 unspecified atom stereocenters. The van der Waals surface area contributed by atoms with Crippen LogP contribution in [-0.2, 0) is 4.74 Å². The van der Waals surface area contributed by atoms with Crippen LogP contribution >= 0.6 is 15.9 Å². The number of hydrogen-bond donors (Lipinski definition) is 1. The van der Waals surface area contributed by atoms with Crippen LogP contribution in [0.15, 0.2) is 10.7 Å². The molecule has 1 aromatic heterocycles. The first-order valence-corrected chi connectivity index (χ1v) is 5.88. The Balaban J connectivity index is 2.54. The van der Waals surface area contributed by atoms with Crippen molar-refractivity contribution < 1.29 is 9.47 Å². The highest BCUT2D eigenvalue weighted by Gasteiger charge is 2.06. The predicted molar refractivity (Wildman–Crippen MR) is 65.9 cm³/mol. The molecule has 1 rings (SSSR count). The lowest BCUT2D eigenvalue weighted by molar-refractivity contribution is 0.0854. The number of methoxy groups -OCH3 is 1. The zero-order valence-corrected chi connectivity index (χ0v) is 11.2. The van der Waals surface area contributed by atoms with E-state index in [0.29, 0.717) is 25.0 Å². The monoisotopic (exact) mass is 289 g/mol. The average molecular weight is 290 g/mol. The molecule has 1 atom stereocenters. The van der Waals surface area contributed by atoms with Gasteiger partial charge in [-0.25, -0.2) is 4.98 Å². The second-order valence-corrected chi connectivity index (χ2v) is 4.05. The van der Waals surface area contributed by atoms with Crippen molar-refractivity contribution in [2.24, 2.45) is 0 Å². The minimum absolute atomic E-state index is 0.128. The predicted octanol–water partition coefficient (Wildman–Crippen LogP) is 2.08. The summed E-state index contributed by atoms with van der Waals surface area (Å²) in [7, 11) is 1.57. The van der Waals surface area contributed by atoms with Gasteiger partial charge in [0.05, 0.1) is 23.9 Å². The third-order valence-corrected chi connectivity index (χ3v) is 2.45. The molecule has 0 fully saturated rings. The number of ether oxygens (including phenoxy) is 2. The van der Waals surface area contributed by atoms with Gasteiger partial charge in [0, 0.05) is 13.2 Å². The van der Waals surface area contributed by atoms with Crippen LogP contribution in [0.3, 0.4) is 0 Å². The van der Waals surface area contributed by atoms with Gasteiger partial charge in [0.25, 0.3) is 0 Å². The smallest absolute Gasteiger partial charge is 0.232 e. The van der Waals surface area contributed by atoms with Crippen LogP contribution in [0.5, 0.6) is 5.88 Å². The number of rotatable bonds is 6. The summed E-state index contributed by atoms with van der Waals surface area (Å²) in [4.78, 5) is 8.29. The number of nitrogens with one attached hydrogen (secondary N) is 1. The molecular weight excluding hydrogens is 274 g/mol. The van der Waals surface area contributed by atoms with E-state index >= 15 is 0 Å². The maximum Gasteiger partial charge on any atom is 0.232 e. The van der Waals surface area contributed by atoms with Gasteiger partial charge in [0.1, 0.15) is 0 Å². The minimum Gasteiger partial charge on any atom is -0.480 e. The highest BCUT2D eigenvalue weighted by molar-refractivity contribution is 9.10. The van der Waals surface area contributed by atoms with Gasteiger partial charge in [-0.1, -0.05) is 0 Å². The Bertz CT molecular complexity index is 336. The molecule has 0 spiro atoms. The van der Waals surface area contributed by atoms with Crippen LogP contribution in [-0.4, -0.2) is 36.3 Å². The fraction of sp³-hybridized carbons (Fsp3) is 0.600. The zero-order chi connectivity index (χ0) is 12.0. The van der Waals surface area contributed by atoms with E-state index in [0.717, 1.165) is 4.47 Å². The third-order valence-electron chi connectivity index (χ3n) is 1.90. The van der Waals surface area contributed by atoms with Crippen molar-refractivity contribution in [2.75, 3.05) is 25.6 Å². The van der Waals surface area contributed by atoms with E-state index in [4.69, 9.17) is 9.47 Å². The van der Waals surface area contributed by atoms with Gasteiger partial charge in [-0.05, 0) is 29.8 Å². The van der Waals surface area contributed by atoms with Crippen molar-refractivity contribution in [3.63, 3.8) is 0 Å². The SMILES string of the molecule is CCOC(C)CNc1ncc(Br)c(OC)n1. The van der Waals surface area contributed by atoms with Gasteiger partial charge in [0.15, 0.2) is 0 Å². The lowest BCUT2D eigenvalue weighted by Crippen LogP contribution is -2.20. The number of hydrogen-bond acceptors (Lipinski definition) is 5. The maximum absolute atomic E-state index is 5.39. The van der Waals surface area contributed by atoms with Gasteiger partial charge in [0.2, 0.25) is 11.8 Å². The molecule has 16 heavy (non-hydrogen) atoms. The van der Waals surface area contributed by atoms with Crippen molar-refractivity contribution in [3.8, 4) is 5.88 Å². The first-order chi connectivity index (χ1) is 7.67. The molecule has 1 N–H and O–H groups in total. The fourth-order valence-corrected chi connectivity index (χ4v) is 1.51. The summed E-state index contributed by atoms with van der Waals surface area (Å²) < 4.78 is 11.2. The average Bonchev–Trinajstić information content (AvgIpc) is 2.28. The van der Waals surface area contributed by atoms with Crippen LogP contribution in [0.25, 0.3) is 0 Å². The fourth-order valence-electron chi connectivity index (χ4n) is 1.16. The number of nitrogens with zero attached hydrogens (tertiary/aromatic N) is 2. The van der Waals surface area contributed by atoms with E-state index in [1.807, 2.05) is 13.8 Å². The number of aromatic nitrogens is 2. The molecule has 0 amide bonds. The summed E-state index contributed by atoms with van der Waals surface area (Å²) in [6.45, 7) is 5.33. The van der Waals surface area contributed by atoms with Crippen molar-refractivity contribution in [3.05, 3.63) is 10.7 Å². The maximum atomic E-state index is 5.39. The topological polar surface area (TPSA) is 56.3 Å². The summed E-state index contributed by atoms with van der Waals surface area (Å²) in [5.74, 6) is 1.05. The molecular formula is C10H16BrN3O2. The molecule has 1 aromatic rings. The van der Waals surface area contributed by atoms with E-state index in [-0.39, 0.29) is 6.10 Å². The minimum atomic E-state index is 0.128. The quantitative estimate of drug-likeness (QED) is 0.869. The van der Waals surface area contributed by atoms with Crippen LogP contribution < -0.4 is 10.1 Å². The van der Waals surface area contributed by atoms with Crippen molar-refractivity contribution in [1.82, 2.24) is 9.97 Å². The largest absolute Gasteiger partial charge is 0.480 e. The summed E-state index contributed by atoms with van der Waals surface area (Å²) in [6.07, 6.45) is 1.78. The Kier molecular flexibility index (Phi) is 5.48. The molecule has 0 aliphatic heterocycles. The van der Waals surface area contributed by atoms with Crippen LogP contribution in [0.1, 0.15) is 13.8 Å². The van der Waals surface area contributed by atoms with E-state index in [2.05, 4.69) is 31.2 Å². The van der Waals surface area contributed by atoms with Crippen molar-refractivity contribution in [2.45, 2.75) is 20.0 Å². The van der Waals surface area contributed by atoms with Gasteiger partial charge in [-0.3, -0.25) is 0 Å². The molecule has 0 saturated carbocycles. The van der Waals surface area contributed by atoms with Crippen LogP contribution in [0.4, 0.5) is 5.95 Å². The lowest BCUT2D eigenvalue weighted by atomic mass is 10.4. The molecule has 0 aliphatic carbocycles. The van der Waals surface area contributed by atoms with Gasteiger partial charge >= 0.3 is 0 Å². The van der Waals surface area contributed by atoms with Gasteiger partial charge in [-0.2, -0.15) is 4.98 Å². The first kappa shape index (κ1) is 13.2. The lowest BCUT2D eigenvalue weighted by Gasteiger charge is -2.12. The van der Waals surface area contributed by atoms with E-state index in [9.17, 15) is 0 Å². The van der Waals surface area contributed by atoms with Crippen molar-refractivity contribution in [1.29, 1.82) is 0 Å². The summed E-state index contributed by atoms with van der Waals surface area (Å²) in [5, 5.41) is 3.08.